The highest BCUT2D eigenvalue weighted by Crippen LogP contribution is 2.34. The number of urea groups is 1. The molecule has 0 radical (unpaired) electrons. The molecule has 1 aromatic heterocycles. The number of aryl methyl sites for hydroxylation is 1. The molecule has 0 bridgehead atoms. The van der Waals surface area contributed by atoms with Gasteiger partial charge < -0.3 is 5.32 Å². The van der Waals surface area contributed by atoms with Crippen LogP contribution in [0.15, 0.2) is 30.3 Å². The van der Waals surface area contributed by atoms with Crippen LogP contribution in [0, 0.1) is 0 Å². The third-order valence-electron chi connectivity index (χ3n) is 4.41. The molecule has 1 fully saturated rings. The maximum absolute atomic E-state index is 13.2. The molecule has 1 aromatic carbocycles. The Kier molecular flexibility index (Phi) is 4.78. The van der Waals surface area contributed by atoms with Gasteiger partial charge in [-0.25, -0.2) is 9.48 Å². The Labute approximate surface area is 146 Å². The molecule has 0 saturated carbocycles. The van der Waals surface area contributed by atoms with Crippen molar-refractivity contribution >= 4 is 11.9 Å². The number of carbonyl (C=O) groups excluding carboxylic acids is 2. The molecule has 8 nitrogen and oxygen atoms in total. The highest BCUT2D eigenvalue weighted by atomic mass is 16.2. The molecule has 8 heteroatoms. The number of hydrogen-bond acceptors (Lipinski definition) is 5. The van der Waals surface area contributed by atoms with E-state index in [0.717, 1.165) is 18.4 Å². The van der Waals surface area contributed by atoms with E-state index in [-0.39, 0.29) is 12.5 Å². The molecule has 2 heterocycles. The van der Waals surface area contributed by atoms with Gasteiger partial charge in [0, 0.05) is 6.54 Å². The molecule has 3 amide bonds. The summed E-state index contributed by atoms with van der Waals surface area (Å²) in [5.41, 5.74) is -0.221. The van der Waals surface area contributed by atoms with Crippen LogP contribution in [0.1, 0.15) is 44.5 Å². The molecule has 1 atom stereocenters. The summed E-state index contributed by atoms with van der Waals surface area (Å²) in [6.45, 7) is 4.72. The first-order valence-corrected chi connectivity index (χ1v) is 8.57. The lowest BCUT2D eigenvalue weighted by Gasteiger charge is -2.26. The summed E-state index contributed by atoms with van der Waals surface area (Å²) in [6.07, 6.45) is 2.17. The number of hydrogen-bond donors (Lipinski definition) is 1. The third kappa shape index (κ3) is 2.99. The predicted molar refractivity (Wildman–Crippen MR) is 90.2 cm³/mol. The van der Waals surface area contributed by atoms with Gasteiger partial charge in [0.1, 0.15) is 5.54 Å². The average Bonchev–Trinajstić information content (AvgIpc) is 3.15. The van der Waals surface area contributed by atoms with Crippen molar-refractivity contribution in [2.24, 2.45) is 0 Å². The summed E-state index contributed by atoms with van der Waals surface area (Å²) >= 11 is 0. The zero-order valence-corrected chi connectivity index (χ0v) is 14.5. The maximum Gasteiger partial charge on any atom is 0.325 e. The van der Waals surface area contributed by atoms with Crippen molar-refractivity contribution in [3.63, 3.8) is 0 Å². The van der Waals surface area contributed by atoms with Gasteiger partial charge >= 0.3 is 6.03 Å². The van der Waals surface area contributed by atoms with Crippen LogP contribution < -0.4 is 5.32 Å². The number of nitrogens with zero attached hydrogens (tertiary/aromatic N) is 5. The number of nitrogens with one attached hydrogen (secondary N) is 1. The van der Waals surface area contributed by atoms with E-state index in [2.05, 4.69) is 20.8 Å². The largest absolute Gasteiger partial charge is 0.325 e. The fraction of sp³-hybridized carbons (Fsp3) is 0.471. The van der Waals surface area contributed by atoms with E-state index < -0.39 is 11.6 Å². The minimum absolute atomic E-state index is 0.0654. The van der Waals surface area contributed by atoms with Crippen LogP contribution in [0.4, 0.5) is 4.79 Å². The van der Waals surface area contributed by atoms with Gasteiger partial charge in [-0.15, -0.1) is 5.10 Å². The highest BCUT2D eigenvalue weighted by Gasteiger charge is 2.51. The van der Waals surface area contributed by atoms with Crippen molar-refractivity contribution in [1.82, 2.24) is 30.4 Å². The van der Waals surface area contributed by atoms with Crippen molar-refractivity contribution in [3.05, 3.63) is 41.7 Å². The second-order valence-electron chi connectivity index (χ2n) is 6.16. The Morgan fingerprint density at radius 2 is 1.88 bits per heavy atom. The number of carbonyl (C=O) groups is 2. The van der Waals surface area contributed by atoms with Crippen LogP contribution >= 0.6 is 0 Å². The number of imide groups is 1. The molecule has 132 valence electrons. The van der Waals surface area contributed by atoms with Crippen molar-refractivity contribution in [2.75, 3.05) is 0 Å². The van der Waals surface area contributed by atoms with E-state index in [1.807, 2.05) is 44.2 Å². The molecule has 0 spiro atoms. The van der Waals surface area contributed by atoms with Crippen LogP contribution in [-0.2, 0) is 23.4 Å². The van der Waals surface area contributed by atoms with Gasteiger partial charge in [-0.05, 0) is 28.8 Å². The molecular formula is C17H22N6O2. The second-order valence-corrected chi connectivity index (χ2v) is 6.16. The molecule has 1 aliphatic rings. The maximum atomic E-state index is 13.2. The number of rotatable bonds is 7. The molecular weight excluding hydrogens is 320 g/mol. The van der Waals surface area contributed by atoms with Crippen molar-refractivity contribution in [1.29, 1.82) is 0 Å². The quantitative estimate of drug-likeness (QED) is 0.775. The van der Waals surface area contributed by atoms with Crippen LogP contribution in [-0.4, -0.2) is 37.0 Å². The first-order valence-electron chi connectivity index (χ1n) is 8.57. The lowest BCUT2D eigenvalue weighted by Crippen LogP contribution is -2.43. The van der Waals surface area contributed by atoms with Crippen molar-refractivity contribution in [3.8, 4) is 0 Å². The van der Waals surface area contributed by atoms with Gasteiger partial charge in [0.05, 0.1) is 6.54 Å². The minimum atomic E-state index is -1.02. The number of tetrazole rings is 1. The monoisotopic (exact) mass is 342 g/mol. The topological polar surface area (TPSA) is 93.0 Å². The molecule has 0 aliphatic carbocycles. The van der Waals surface area contributed by atoms with Gasteiger partial charge in [0.25, 0.3) is 5.91 Å². The lowest BCUT2D eigenvalue weighted by atomic mass is 9.85. The summed E-state index contributed by atoms with van der Waals surface area (Å²) < 4.78 is 1.63. The minimum Gasteiger partial charge on any atom is -0.319 e. The third-order valence-corrected chi connectivity index (χ3v) is 4.41. The van der Waals surface area contributed by atoms with Crippen LogP contribution in [0.3, 0.4) is 0 Å². The van der Waals surface area contributed by atoms with E-state index in [9.17, 15) is 9.59 Å². The van der Waals surface area contributed by atoms with E-state index in [0.29, 0.717) is 18.8 Å². The molecule has 3 rings (SSSR count). The fourth-order valence-electron chi connectivity index (χ4n) is 3.24. The predicted octanol–water partition coefficient (Wildman–Crippen LogP) is 1.83. The van der Waals surface area contributed by atoms with Crippen LogP contribution in [0.2, 0.25) is 0 Å². The van der Waals surface area contributed by atoms with E-state index in [1.165, 1.54) is 4.90 Å². The number of amides is 3. The Balaban J connectivity index is 1.91. The highest BCUT2D eigenvalue weighted by molar-refractivity contribution is 6.07. The van der Waals surface area contributed by atoms with Crippen molar-refractivity contribution in [2.45, 2.75) is 51.7 Å². The molecule has 1 unspecified atom stereocenters. The first kappa shape index (κ1) is 17.1. The Morgan fingerprint density at radius 1 is 1.12 bits per heavy atom. The zero-order chi connectivity index (χ0) is 17.9. The SMILES string of the molecule is CCCn1nnnc1CN1C(=O)NC(CCC)(c2ccccc2)C1=O. The summed E-state index contributed by atoms with van der Waals surface area (Å²) in [6, 6.07) is 8.97. The van der Waals surface area contributed by atoms with Gasteiger partial charge in [-0.2, -0.15) is 0 Å². The lowest BCUT2D eigenvalue weighted by molar-refractivity contribution is -0.132. The standard InChI is InChI=1S/C17H22N6O2/c1-3-10-17(13-8-6-5-7-9-13)15(24)22(16(25)18-17)12-14-19-20-21-23(14)11-4-2/h5-9H,3-4,10-12H2,1-2H3,(H,18,25). The first-order chi connectivity index (χ1) is 12.1. The number of benzene rings is 1. The molecule has 1 N–H and O–H groups in total. The van der Waals surface area contributed by atoms with Crippen LogP contribution in [0.25, 0.3) is 0 Å². The Hall–Kier alpha value is -2.77. The Bertz CT molecular complexity index is 760. The normalized spacial score (nSPS) is 20.2. The Morgan fingerprint density at radius 3 is 2.56 bits per heavy atom. The van der Waals surface area contributed by atoms with Crippen LogP contribution in [0.5, 0.6) is 0 Å². The average molecular weight is 342 g/mol. The summed E-state index contributed by atoms with van der Waals surface area (Å²) in [4.78, 5) is 27.0. The molecule has 25 heavy (non-hydrogen) atoms. The fourth-order valence-corrected chi connectivity index (χ4v) is 3.24. The molecule has 2 aromatic rings. The van der Waals surface area contributed by atoms with E-state index >= 15 is 0 Å². The summed E-state index contributed by atoms with van der Waals surface area (Å²) in [5, 5.41) is 14.4. The second kappa shape index (κ2) is 7.00. The smallest absolute Gasteiger partial charge is 0.319 e. The molecule has 1 saturated heterocycles. The van der Waals surface area contributed by atoms with Gasteiger partial charge in [0.2, 0.25) is 0 Å². The molecule has 1 aliphatic heterocycles. The van der Waals surface area contributed by atoms with E-state index in [4.69, 9.17) is 0 Å². The summed E-state index contributed by atoms with van der Waals surface area (Å²) in [7, 11) is 0. The van der Waals surface area contributed by atoms with Gasteiger partial charge in [-0.1, -0.05) is 50.6 Å². The zero-order valence-electron chi connectivity index (χ0n) is 14.5. The summed E-state index contributed by atoms with van der Waals surface area (Å²) in [5.74, 6) is 0.252. The van der Waals surface area contributed by atoms with Gasteiger partial charge in [-0.3, -0.25) is 9.69 Å². The number of aromatic nitrogens is 4. The van der Waals surface area contributed by atoms with Gasteiger partial charge in [0.15, 0.2) is 5.82 Å². The van der Waals surface area contributed by atoms with E-state index in [1.54, 1.807) is 4.68 Å². The van der Waals surface area contributed by atoms with Crippen molar-refractivity contribution < 1.29 is 9.59 Å².